The van der Waals surface area contributed by atoms with Gasteiger partial charge in [-0.15, -0.1) is 0 Å². The van der Waals surface area contributed by atoms with Crippen LogP contribution in [0.4, 0.5) is 0 Å². The SMILES string of the molecule is COc1cc(Br)c(CC(C(=O)O)c2cc(OC)c(OC)cc2CCN(C)C(C)=O)cc1OC. The highest BCUT2D eigenvalue weighted by Gasteiger charge is 2.27. The number of ether oxygens (including phenoxy) is 4. The second kappa shape index (κ2) is 11.8. The van der Waals surface area contributed by atoms with E-state index in [-0.39, 0.29) is 12.3 Å². The van der Waals surface area contributed by atoms with Gasteiger partial charge in [-0.1, -0.05) is 15.9 Å². The molecule has 2 aromatic carbocycles. The zero-order chi connectivity index (χ0) is 24.7. The first kappa shape index (κ1) is 26.3. The number of benzene rings is 2. The zero-order valence-corrected chi connectivity index (χ0v) is 21.3. The number of carboxylic acid groups (broad SMARTS) is 1. The molecule has 0 aliphatic heterocycles. The van der Waals surface area contributed by atoms with Gasteiger partial charge in [0, 0.05) is 25.0 Å². The van der Waals surface area contributed by atoms with Crippen molar-refractivity contribution in [2.24, 2.45) is 0 Å². The third-order valence-electron chi connectivity index (χ3n) is 5.55. The monoisotopic (exact) mass is 523 g/mol. The van der Waals surface area contributed by atoms with Gasteiger partial charge in [0.2, 0.25) is 5.91 Å². The van der Waals surface area contributed by atoms with Crippen molar-refractivity contribution in [3.63, 3.8) is 0 Å². The number of carbonyl (C=O) groups is 2. The topological polar surface area (TPSA) is 94.5 Å². The van der Waals surface area contributed by atoms with E-state index in [1.165, 1.54) is 35.4 Å². The largest absolute Gasteiger partial charge is 0.493 e. The van der Waals surface area contributed by atoms with Gasteiger partial charge in [-0.05, 0) is 53.8 Å². The van der Waals surface area contributed by atoms with Crippen molar-refractivity contribution in [2.45, 2.75) is 25.7 Å². The fourth-order valence-corrected chi connectivity index (χ4v) is 4.01. The van der Waals surface area contributed by atoms with E-state index in [2.05, 4.69) is 15.9 Å². The van der Waals surface area contributed by atoms with Crippen molar-refractivity contribution >= 4 is 27.8 Å². The Hall–Kier alpha value is -2.94. The van der Waals surface area contributed by atoms with Crippen molar-refractivity contribution in [3.8, 4) is 23.0 Å². The van der Waals surface area contributed by atoms with Crippen LogP contribution < -0.4 is 18.9 Å². The van der Waals surface area contributed by atoms with Crippen LogP contribution in [-0.4, -0.2) is 63.9 Å². The molecular formula is C24H30BrNO7. The lowest BCUT2D eigenvalue weighted by molar-refractivity contribution is -0.138. The second-order valence-electron chi connectivity index (χ2n) is 7.49. The molecule has 0 heterocycles. The van der Waals surface area contributed by atoms with E-state index in [4.69, 9.17) is 18.9 Å². The van der Waals surface area contributed by atoms with E-state index in [9.17, 15) is 14.7 Å². The first-order chi connectivity index (χ1) is 15.7. The van der Waals surface area contributed by atoms with Gasteiger partial charge in [0.1, 0.15) is 0 Å². The van der Waals surface area contributed by atoms with E-state index in [1.807, 2.05) is 0 Å². The van der Waals surface area contributed by atoms with Crippen molar-refractivity contribution in [3.05, 3.63) is 45.4 Å². The highest BCUT2D eigenvalue weighted by molar-refractivity contribution is 9.10. The van der Waals surface area contributed by atoms with Crippen LogP contribution in [0.3, 0.4) is 0 Å². The van der Waals surface area contributed by atoms with Gasteiger partial charge in [0.05, 0.1) is 34.4 Å². The van der Waals surface area contributed by atoms with E-state index in [1.54, 1.807) is 36.2 Å². The van der Waals surface area contributed by atoms with Crippen LogP contribution in [-0.2, 0) is 22.4 Å². The summed E-state index contributed by atoms with van der Waals surface area (Å²) in [6, 6.07) is 7.00. The molecule has 0 radical (unpaired) electrons. The maximum Gasteiger partial charge on any atom is 0.311 e. The standard InChI is InChI=1S/C24H30BrNO7/c1-14(27)26(2)8-7-15-10-20(30-3)22(32-5)12-17(15)18(24(28)29)9-16-11-21(31-4)23(33-6)13-19(16)25/h10-13,18H,7-9H2,1-6H3,(H,28,29). The van der Waals surface area contributed by atoms with Crippen LogP contribution >= 0.6 is 15.9 Å². The molecule has 0 aliphatic rings. The van der Waals surface area contributed by atoms with Crippen molar-refractivity contribution in [2.75, 3.05) is 42.0 Å². The zero-order valence-electron chi connectivity index (χ0n) is 19.7. The summed E-state index contributed by atoms with van der Waals surface area (Å²) in [5.41, 5.74) is 2.12. The van der Waals surface area contributed by atoms with E-state index in [0.29, 0.717) is 46.0 Å². The highest BCUT2D eigenvalue weighted by atomic mass is 79.9. The van der Waals surface area contributed by atoms with Crippen molar-refractivity contribution in [1.82, 2.24) is 4.90 Å². The van der Waals surface area contributed by atoms with Gasteiger partial charge in [-0.2, -0.15) is 0 Å². The van der Waals surface area contributed by atoms with E-state index < -0.39 is 11.9 Å². The number of likely N-dealkylation sites (N-methyl/N-ethyl adjacent to an activating group) is 1. The summed E-state index contributed by atoms with van der Waals surface area (Å²) in [6.45, 7) is 1.92. The van der Waals surface area contributed by atoms with Gasteiger partial charge >= 0.3 is 5.97 Å². The Balaban J connectivity index is 2.56. The molecule has 1 amide bonds. The highest BCUT2D eigenvalue weighted by Crippen LogP contribution is 2.39. The normalized spacial score (nSPS) is 11.5. The Labute approximate surface area is 202 Å². The average molecular weight is 524 g/mol. The predicted molar refractivity (Wildman–Crippen MR) is 128 cm³/mol. The Morgan fingerprint density at radius 1 is 0.909 bits per heavy atom. The molecule has 0 saturated carbocycles. The summed E-state index contributed by atoms with van der Waals surface area (Å²) in [5, 5.41) is 10.2. The van der Waals surface area contributed by atoms with Crippen LogP contribution in [0.25, 0.3) is 0 Å². The molecule has 2 aromatic rings. The van der Waals surface area contributed by atoms with Crippen molar-refractivity contribution in [1.29, 1.82) is 0 Å². The molecule has 33 heavy (non-hydrogen) atoms. The van der Waals surface area contributed by atoms with Gasteiger partial charge in [-0.3, -0.25) is 9.59 Å². The number of halogens is 1. The van der Waals surface area contributed by atoms with Crippen molar-refractivity contribution < 1.29 is 33.6 Å². The van der Waals surface area contributed by atoms with Gasteiger partial charge in [0.15, 0.2) is 23.0 Å². The number of carbonyl (C=O) groups excluding carboxylic acids is 1. The van der Waals surface area contributed by atoms with Crippen LogP contribution in [0, 0.1) is 0 Å². The van der Waals surface area contributed by atoms with E-state index >= 15 is 0 Å². The lowest BCUT2D eigenvalue weighted by atomic mass is 9.87. The lowest BCUT2D eigenvalue weighted by Gasteiger charge is -2.22. The third kappa shape index (κ3) is 6.31. The molecule has 1 unspecified atom stereocenters. The van der Waals surface area contributed by atoms with Crippen LogP contribution in [0.2, 0.25) is 0 Å². The number of hydrogen-bond donors (Lipinski definition) is 1. The number of hydrogen-bond acceptors (Lipinski definition) is 6. The number of rotatable bonds is 11. The number of aliphatic carboxylic acids is 1. The lowest BCUT2D eigenvalue weighted by Crippen LogP contribution is -2.27. The maximum atomic E-state index is 12.4. The fraction of sp³-hybridized carbons (Fsp3) is 0.417. The molecule has 0 aliphatic carbocycles. The average Bonchev–Trinajstić information content (AvgIpc) is 2.80. The minimum absolute atomic E-state index is 0.0685. The molecule has 8 nitrogen and oxygen atoms in total. The minimum atomic E-state index is -0.981. The summed E-state index contributed by atoms with van der Waals surface area (Å²) in [7, 11) is 7.81. The summed E-state index contributed by atoms with van der Waals surface area (Å²) < 4.78 is 22.3. The molecule has 0 aromatic heterocycles. The number of amides is 1. The molecular weight excluding hydrogens is 494 g/mol. The summed E-state index contributed by atoms with van der Waals surface area (Å²) in [4.78, 5) is 25.7. The van der Waals surface area contributed by atoms with E-state index in [0.717, 1.165) is 11.1 Å². The third-order valence-corrected chi connectivity index (χ3v) is 6.29. The van der Waals surface area contributed by atoms with Gasteiger partial charge in [0.25, 0.3) is 0 Å². The van der Waals surface area contributed by atoms with Gasteiger partial charge in [-0.25, -0.2) is 0 Å². The first-order valence-corrected chi connectivity index (χ1v) is 11.1. The Morgan fingerprint density at radius 2 is 1.39 bits per heavy atom. The molecule has 0 spiro atoms. The summed E-state index contributed by atoms with van der Waals surface area (Å²) in [5.74, 6) is 0.0597. The molecule has 2 rings (SSSR count). The second-order valence-corrected chi connectivity index (χ2v) is 8.34. The molecule has 9 heteroatoms. The Morgan fingerprint density at radius 3 is 1.88 bits per heavy atom. The van der Waals surface area contributed by atoms with Gasteiger partial charge < -0.3 is 29.0 Å². The predicted octanol–water partition coefficient (Wildman–Crippen LogP) is 3.92. The minimum Gasteiger partial charge on any atom is -0.493 e. The molecule has 1 atom stereocenters. The molecule has 0 saturated heterocycles. The van der Waals surface area contributed by atoms with Crippen LogP contribution in [0.15, 0.2) is 28.7 Å². The number of nitrogens with zero attached hydrogens (tertiary/aromatic N) is 1. The number of carboxylic acids is 1. The fourth-order valence-electron chi connectivity index (χ4n) is 3.53. The Kier molecular flexibility index (Phi) is 9.40. The molecule has 1 N–H and O–H groups in total. The summed E-state index contributed by atoms with van der Waals surface area (Å²) >= 11 is 3.52. The molecule has 0 fully saturated rings. The van der Waals surface area contributed by atoms with Crippen LogP contribution in [0.5, 0.6) is 23.0 Å². The Bertz CT molecular complexity index is 1010. The summed E-state index contributed by atoms with van der Waals surface area (Å²) in [6.07, 6.45) is 0.657. The smallest absolute Gasteiger partial charge is 0.311 e. The van der Waals surface area contributed by atoms with Crippen LogP contribution in [0.1, 0.15) is 29.5 Å². The molecule has 180 valence electrons. The first-order valence-electron chi connectivity index (χ1n) is 10.3. The molecule has 0 bridgehead atoms. The number of methoxy groups -OCH3 is 4. The quantitative estimate of drug-likeness (QED) is 0.476. The maximum absolute atomic E-state index is 12.4.